The molecule has 0 spiro atoms. The summed E-state index contributed by atoms with van der Waals surface area (Å²) < 4.78 is 12.9. The molecule has 0 aromatic heterocycles. The van der Waals surface area contributed by atoms with Crippen LogP contribution in [0, 0.1) is 0 Å². The van der Waals surface area contributed by atoms with Gasteiger partial charge < -0.3 is 20.3 Å². The summed E-state index contributed by atoms with van der Waals surface area (Å²) in [6.45, 7) is 6.15. The molecular weight excluding hydrogens is 340 g/mol. The predicted octanol–water partition coefficient (Wildman–Crippen LogP) is 5.52. The summed E-state index contributed by atoms with van der Waals surface area (Å²) in [6.07, 6.45) is 6.59. The lowest BCUT2D eigenvalue weighted by Crippen LogP contribution is -2.48. The normalized spacial score (nSPS) is 11.1. The van der Waals surface area contributed by atoms with Crippen LogP contribution in [0.2, 0.25) is 12.1 Å². The fourth-order valence-electron chi connectivity index (χ4n) is 2.85. The highest BCUT2D eigenvalue weighted by Crippen LogP contribution is 2.29. The molecule has 4 nitrogen and oxygen atoms in total. The molecule has 5 heteroatoms. The molecule has 0 fully saturated rings. The zero-order chi connectivity index (χ0) is 18.8. The van der Waals surface area contributed by atoms with Gasteiger partial charge in [0.25, 0.3) is 0 Å². The Balaban J connectivity index is 2.23. The minimum absolute atomic E-state index is 0.716. The molecule has 0 saturated carbocycles. The van der Waals surface area contributed by atoms with Crippen molar-refractivity contribution in [3.05, 3.63) is 61.2 Å². The highest BCUT2D eigenvalue weighted by atomic mass is 28.4. The number of allylic oxidation sites excluding steroid dienone is 1. The Morgan fingerprint density at radius 3 is 1.77 bits per heavy atom. The molecule has 2 rings (SSSR count). The van der Waals surface area contributed by atoms with Gasteiger partial charge in [0.2, 0.25) is 0 Å². The monoisotopic (exact) mass is 370 g/mol. The number of nitrogen functional groups attached to an aromatic ring is 2. The second-order valence-corrected chi connectivity index (χ2v) is 9.69. The van der Waals surface area contributed by atoms with Gasteiger partial charge >= 0.3 is 8.56 Å². The Morgan fingerprint density at radius 1 is 0.846 bits per heavy atom. The highest BCUT2D eigenvalue weighted by Gasteiger charge is 2.40. The number of unbranched alkanes of at least 4 members (excludes halogenated alkanes) is 3. The summed E-state index contributed by atoms with van der Waals surface area (Å²) in [5.41, 5.74) is 13.0. The highest BCUT2D eigenvalue weighted by molar-refractivity contribution is 6.69. The predicted molar refractivity (Wildman–Crippen MR) is 113 cm³/mol. The van der Waals surface area contributed by atoms with Crippen molar-refractivity contribution in [3.63, 3.8) is 0 Å². The SMILES string of the molecule is C=CC[Si](CCCCCC)(Oc1ccc(N)cc1)Oc1ccc(N)cc1. The summed E-state index contributed by atoms with van der Waals surface area (Å²) in [7, 11) is -2.56. The van der Waals surface area contributed by atoms with E-state index >= 15 is 0 Å². The average Bonchev–Trinajstić information content (AvgIpc) is 2.63. The van der Waals surface area contributed by atoms with Gasteiger partial charge in [-0.05, 0) is 55.0 Å². The quantitative estimate of drug-likeness (QED) is 0.236. The van der Waals surface area contributed by atoms with Gasteiger partial charge in [-0.2, -0.15) is 0 Å². The largest absolute Gasteiger partial charge is 0.512 e. The van der Waals surface area contributed by atoms with Gasteiger partial charge in [0.1, 0.15) is 11.5 Å². The van der Waals surface area contributed by atoms with E-state index in [-0.39, 0.29) is 0 Å². The number of hydrogen-bond acceptors (Lipinski definition) is 4. The number of anilines is 2. The molecule has 0 atom stereocenters. The van der Waals surface area contributed by atoms with E-state index in [9.17, 15) is 0 Å². The average molecular weight is 371 g/mol. The second kappa shape index (κ2) is 9.92. The molecule has 0 amide bonds. The standard InChI is InChI=1S/C21H30N2O2Si/c1-3-5-6-7-17-26(16-4-2,24-20-12-8-18(22)9-13-20)25-21-14-10-19(23)11-15-21/h4,8-15H,2-3,5-7,16-17,22-23H2,1H3. The van der Waals surface area contributed by atoms with Crippen molar-refractivity contribution >= 4 is 19.9 Å². The Hall–Kier alpha value is -2.40. The van der Waals surface area contributed by atoms with E-state index in [1.807, 2.05) is 54.6 Å². The third kappa shape index (κ3) is 6.15. The summed E-state index contributed by atoms with van der Waals surface area (Å²) >= 11 is 0. The van der Waals surface area contributed by atoms with Crippen LogP contribution in [0.1, 0.15) is 32.6 Å². The first-order chi connectivity index (χ1) is 12.6. The van der Waals surface area contributed by atoms with Crippen LogP contribution < -0.4 is 20.3 Å². The Bertz CT molecular complexity index is 624. The molecule has 0 saturated heterocycles. The molecule has 4 N–H and O–H groups in total. The number of benzene rings is 2. The maximum Gasteiger partial charge on any atom is 0.464 e. The fourth-order valence-corrected chi connectivity index (χ4v) is 5.83. The minimum Gasteiger partial charge on any atom is -0.512 e. The Kier molecular flexibility index (Phi) is 7.60. The number of rotatable bonds is 11. The maximum absolute atomic E-state index is 6.47. The molecule has 2 aromatic rings. The van der Waals surface area contributed by atoms with Crippen LogP contribution in [-0.4, -0.2) is 8.56 Å². The third-order valence-electron chi connectivity index (χ3n) is 4.23. The molecule has 0 radical (unpaired) electrons. The van der Waals surface area contributed by atoms with Crippen molar-refractivity contribution < 1.29 is 8.85 Å². The third-order valence-corrected chi connectivity index (χ3v) is 7.48. The van der Waals surface area contributed by atoms with Gasteiger partial charge in [-0.25, -0.2) is 0 Å². The zero-order valence-corrected chi connectivity index (χ0v) is 16.6. The van der Waals surface area contributed by atoms with E-state index < -0.39 is 8.56 Å². The van der Waals surface area contributed by atoms with E-state index in [0.29, 0.717) is 6.04 Å². The lowest BCUT2D eigenvalue weighted by Gasteiger charge is -2.31. The van der Waals surface area contributed by atoms with Crippen molar-refractivity contribution in [2.24, 2.45) is 0 Å². The van der Waals surface area contributed by atoms with Crippen molar-refractivity contribution in [2.75, 3.05) is 11.5 Å². The molecule has 0 aliphatic rings. The molecule has 0 unspecified atom stereocenters. The first kappa shape index (κ1) is 19.9. The van der Waals surface area contributed by atoms with Crippen molar-refractivity contribution in [1.82, 2.24) is 0 Å². The lowest BCUT2D eigenvalue weighted by molar-refractivity contribution is 0.378. The van der Waals surface area contributed by atoms with Crippen LogP contribution in [-0.2, 0) is 0 Å². The number of nitrogens with two attached hydrogens (primary N) is 2. The van der Waals surface area contributed by atoms with Crippen molar-refractivity contribution in [2.45, 2.75) is 44.7 Å². The molecule has 140 valence electrons. The lowest BCUT2D eigenvalue weighted by atomic mass is 10.2. The van der Waals surface area contributed by atoms with Gasteiger partial charge in [-0.3, -0.25) is 0 Å². The molecular formula is C21H30N2O2Si. The van der Waals surface area contributed by atoms with Gasteiger partial charge in [-0.15, -0.1) is 6.58 Å². The van der Waals surface area contributed by atoms with E-state index in [1.165, 1.54) is 19.3 Å². The molecule has 0 heterocycles. The van der Waals surface area contributed by atoms with Crippen LogP contribution in [0.3, 0.4) is 0 Å². The van der Waals surface area contributed by atoms with Gasteiger partial charge in [0, 0.05) is 23.5 Å². The Labute approximate surface area is 158 Å². The molecule has 0 aliphatic carbocycles. The first-order valence-corrected chi connectivity index (χ1v) is 11.5. The zero-order valence-electron chi connectivity index (χ0n) is 15.6. The maximum atomic E-state index is 6.47. The van der Waals surface area contributed by atoms with E-state index in [2.05, 4.69) is 13.5 Å². The first-order valence-electron chi connectivity index (χ1n) is 9.27. The minimum atomic E-state index is -2.56. The van der Waals surface area contributed by atoms with E-state index in [1.54, 1.807) is 0 Å². The van der Waals surface area contributed by atoms with Crippen molar-refractivity contribution in [1.29, 1.82) is 0 Å². The van der Waals surface area contributed by atoms with E-state index in [0.717, 1.165) is 35.3 Å². The van der Waals surface area contributed by atoms with E-state index in [4.69, 9.17) is 20.3 Å². The van der Waals surface area contributed by atoms with Gasteiger partial charge in [0.15, 0.2) is 0 Å². The molecule has 0 bridgehead atoms. The van der Waals surface area contributed by atoms with Gasteiger partial charge in [-0.1, -0.05) is 32.3 Å². The summed E-state index contributed by atoms with van der Waals surface area (Å²) in [5, 5.41) is 0. The van der Waals surface area contributed by atoms with Crippen LogP contribution >= 0.6 is 0 Å². The second-order valence-electron chi connectivity index (χ2n) is 6.56. The van der Waals surface area contributed by atoms with Crippen molar-refractivity contribution in [3.8, 4) is 11.5 Å². The summed E-state index contributed by atoms with van der Waals surface area (Å²) in [6, 6.07) is 16.6. The van der Waals surface area contributed by atoms with Crippen LogP contribution in [0.5, 0.6) is 11.5 Å². The topological polar surface area (TPSA) is 70.5 Å². The van der Waals surface area contributed by atoms with Crippen LogP contribution in [0.15, 0.2) is 61.2 Å². The molecule has 26 heavy (non-hydrogen) atoms. The Morgan fingerprint density at radius 2 is 1.35 bits per heavy atom. The summed E-state index contributed by atoms with van der Waals surface area (Å²) in [4.78, 5) is 0. The van der Waals surface area contributed by atoms with Crippen LogP contribution in [0.4, 0.5) is 11.4 Å². The van der Waals surface area contributed by atoms with Gasteiger partial charge in [0.05, 0.1) is 0 Å². The summed E-state index contributed by atoms with van der Waals surface area (Å²) in [5.74, 6) is 1.58. The fraction of sp³-hybridized carbons (Fsp3) is 0.333. The molecule has 0 aliphatic heterocycles. The smallest absolute Gasteiger partial charge is 0.464 e. The number of hydrogen-bond donors (Lipinski definition) is 2. The molecule has 2 aromatic carbocycles. The van der Waals surface area contributed by atoms with Crippen LogP contribution in [0.25, 0.3) is 0 Å².